The van der Waals surface area contributed by atoms with E-state index in [1.807, 2.05) is 57.6 Å². The topological polar surface area (TPSA) is 224 Å². The van der Waals surface area contributed by atoms with Gasteiger partial charge >= 0.3 is 0 Å². The lowest BCUT2D eigenvalue weighted by Crippen LogP contribution is -2.09. The van der Waals surface area contributed by atoms with E-state index < -0.39 is 0 Å². The van der Waals surface area contributed by atoms with Crippen molar-refractivity contribution in [2.45, 2.75) is 110 Å². The fourth-order valence-corrected chi connectivity index (χ4v) is 11.6. The highest BCUT2D eigenvalue weighted by Crippen LogP contribution is 2.42. The van der Waals surface area contributed by atoms with E-state index in [9.17, 15) is 0 Å². The monoisotopic (exact) mass is 1230 g/mol. The van der Waals surface area contributed by atoms with Crippen LogP contribution in [0.25, 0.3) is 52.5 Å². The first-order valence-corrected chi connectivity index (χ1v) is 29.7. The van der Waals surface area contributed by atoms with Crippen LogP contribution >= 0.6 is 74.5 Å². The van der Waals surface area contributed by atoms with E-state index in [0.29, 0.717) is 17.5 Å². The summed E-state index contributed by atoms with van der Waals surface area (Å²) in [5, 5.41) is 40.6. The fraction of sp³-hybridized carbons (Fsp3) is 0.300. The Morgan fingerprint density at radius 3 is 1.36 bits per heavy atom. The average molecular weight is 1230 g/mol. The highest BCUT2D eigenvalue weighted by Gasteiger charge is 2.31. The molecule has 0 unspecified atom stereocenters. The summed E-state index contributed by atoms with van der Waals surface area (Å²) in [6.45, 7) is 12.4. The van der Waals surface area contributed by atoms with Crippen LogP contribution in [0.5, 0.6) is 0 Å². The number of azide groups is 1. The number of rotatable bonds is 14. The van der Waals surface area contributed by atoms with Gasteiger partial charge in [0.2, 0.25) is 0 Å². The minimum atomic E-state index is 0. The molecular weight excluding hydrogens is 1170 g/mol. The Hall–Kier alpha value is -7.62. The van der Waals surface area contributed by atoms with E-state index in [1.54, 1.807) is 65.1 Å². The maximum Gasteiger partial charge on any atom is 0.138 e. The number of nitrogens with one attached hydrogen (secondary N) is 3. The Labute approximate surface area is 520 Å². The molecule has 0 spiro atoms. The zero-order valence-electron chi connectivity index (χ0n) is 47.3. The lowest BCUT2D eigenvalue weighted by Gasteiger charge is -2.16. The van der Waals surface area contributed by atoms with Gasteiger partial charge in [-0.2, -0.15) is 40.5 Å². The van der Waals surface area contributed by atoms with Gasteiger partial charge in [0.15, 0.2) is 0 Å². The van der Waals surface area contributed by atoms with Gasteiger partial charge in [0.25, 0.3) is 0 Å². The molecule has 0 aliphatic heterocycles. The summed E-state index contributed by atoms with van der Waals surface area (Å²) in [6.07, 6.45) is 12.4. The molecule has 0 saturated heterocycles. The largest absolute Gasteiger partial charge is 0.363 e. The van der Waals surface area contributed by atoms with Gasteiger partial charge in [-0.15, -0.1) is 56.0 Å². The average Bonchev–Trinajstić information content (AvgIpc) is 4.45. The van der Waals surface area contributed by atoms with Crippen LogP contribution in [0, 0.1) is 31.6 Å². The van der Waals surface area contributed by atoms with Crippen LogP contribution in [0.4, 0.5) is 23.1 Å². The van der Waals surface area contributed by atoms with Crippen molar-refractivity contribution in [2.24, 2.45) is 11.0 Å². The van der Waals surface area contributed by atoms with Gasteiger partial charge in [-0.1, -0.05) is 64.1 Å². The van der Waals surface area contributed by atoms with Crippen molar-refractivity contribution in [3.05, 3.63) is 176 Å². The van der Waals surface area contributed by atoms with Gasteiger partial charge < -0.3 is 16.0 Å². The molecule has 24 heteroatoms. The molecule has 0 bridgehead atoms. The van der Waals surface area contributed by atoms with Crippen LogP contribution < -0.4 is 16.0 Å². The summed E-state index contributed by atoms with van der Waals surface area (Å²) in [7, 11) is 0. The number of hydrogen-bond acceptors (Lipinski definition) is 17. The smallest absolute Gasteiger partial charge is 0.138 e. The van der Waals surface area contributed by atoms with Gasteiger partial charge in [0, 0.05) is 46.5 Å². The van der Waals surface area contributed by atoms with Crippen molar-refractivity contribution in [3.8, 4) is 23.2 Å². The number of thiophene rings is 3. The molecule has 8 aromatic heterocycles. The van der Waals surface area contributed by atoms with E-state index in [2.05, 4.69) is 177 Å². The lowest BCUT2D eigenvalue weighted by molar-refractivity contribution is 0.762. The predicted molar refractivity (Wildman–Crippen MR) is 357 cm³/mol. The molecule has 3 aromatic carbocycles. The first kappa shape index (κ1) is 62.4. The molecule has 11 aromatic rings. The first-order valence-electron chi connectivity index (χ1n) is 27.1. The van der Waals surface area contributed by atoms with Crippen molar-refractivity contribution in [1.29, 1.82) is 0 Å². The number of fused-ring (bicyclic) bond motifs is 3. The Morgan fingerprint density at radius 2 is 0.964 bits per heavy atom. The van der Waals surface area contributed by atoms with Crippen molar-refractivity contribution < 1.29 is 0 Å². The number of hydrogen-bond donors (Lipinski definition) is 3. The molecule has 84 heavy (non-hydrogen) atoms. The summed E-state index contributed by atoms with van der Waals surface area (Å²) >= 11 is 4.85. The van der Waals surface area contributed by atoms with Crippen LogP contribution in [0.3, 0.4) is 0 Å². The van der Waals surface area contributed by atoms with Gasteiger partial charge in [0.05, 0.1) is 50.3 Å². The second kappa shape index (κ2) is 28.8. The van der Waals surface area contributed by atoms with E-state index in [4.69, 9.17) is 5.53 Å². The predicted octanol–water partition coefficient (Wildman–Crippen LogP) is 15.8. The molecule has 3 saturated carbocycles. The quantitative estimate of drug-likeness (QED) is 0.0399. The highest BCUT2D eigenvalue weighted by atomic mass is 32.1. The van der Waals surface area contributed by atoms with Gasteiger partial charge in [-0.05, 0) is 161 Å². The van der Waals surface area contributed by atoms with Gasteiger partial charge in [0.1, 0.15) is 50.9 Å². The van der Waals surface area contributed by atoms with Crippen LogP contribution in [0.15, 0.2) is 131 Å². The SMILES string of the molecule is CC#CC1CC1.C[C@H](Nc1ncnc2sccc12)c1ccc(N=[N+]=[N-])cc1.Cc1c(C2CC2)nnn1-c1ccc([C@H](C)Nc2ncnc3sccc23)cc1.Cc1nnn(-c2ccc([C@H](C)Nc3ncnc4sccc34)cc2)c1C1CC1.S.S.S. The normalized spacial score (nSPS) is 14.1. The number of benzene rings is 3. The maximum absolute atomic E-state index is 8.41. The first-order chi connectivity index (χ1) is 39.6. The van der Waals surface area contributed by atoms with Crippen molar-refractivity contribution in [2.75, 3.05) is 16.0 Å². The lowest BCUT2D eigenvalue weighted by atomic mass is 10.1. The number of aryl methyl sites for hydroxylation is 1. The molecule has 14 rings (SSSR count). The molecule has 18 nitrogen and oxygen atoms in total. The molecule has 3 atom stereocenters. The molecule has 0 amide bonds. The third-order valence-electron chi connectivity index (χ3n) is 14.3. The van der Waals surface area contributed by atoms with E-state index in [1.165, 1.54) is 55.3 Å². The van der Waals surface area contributed by atoms with Crippen LogP contribution in [-0.4, -0.2) is 59.9 Å². The standard InChI is InChI=1S/2C20H20N6S.C14H12N6S.C6H8.3H2S/c1-12(23-19-17-9-10-27-20(17)22-11-21-19)14-5-7-16(8-6-14)26-13(2)18(24-25-26)15-3-4-15;1-12(23-19-17-9-10-27-20(17)22-11-21-19)14-5-7-16(8-6-14)26-18(15-3-4-15)13(2)24-25-26;1-9(10-2-4-11(5-3-10)19-20-15)18-13-12-6-7-21-14(12)17-8-16-13;1-2-3-6-4-5-6;;;/h2*5-12,15H,3-4H2,1-2H3,(H,21,22,23);2-9H,1H3,(H,16,17,18);6H,4-5H2,1H3;3*1H2/t2*12-;9-;;;;/m000..../s1. The van der Waals surface area contributed by atoms with E-state index in [-0.39, 0.29) is 58.6 Å². The molecular formula is C60H66N18S6. The molecule has 3 N–H and O–H groups in total. The minimum absolute atomic E-state index is 0. The zero-order valence-corrected chi connectivity index (χ0v) is 52.7. The van der Waals surface area contributed by atoms with Crippen LogP contribution in [0.1, 0.15) is 136 Å². The summed E-state index contributed by atoms with van der Waals surface area (Å²) in [5.74, 6) is 10.5. The molecule has 3 aliphatic rings. The third-order valence-corrected chi connectivity index (χ3v) is 16.8. The van der Waals surface area contributed by atoms with Crippen molar-refractivity contribution >= 4 is 128 Å². The Bertz CT molecular complexity index is 4030. The molecule has 432 valence electrons. The Morgan fingerprint density at radius 1 is 0.548 bits per heavy atom. The van der Waals surface area contributed by atoms with E-state index >= 15 is 0 Å². The van der Waals surface area contributed by atoms with Crippen LogP contribution in [-0.2, 0) is 0 Å². The number of aromatic nitrogens is 12. The summed E-state index contributed by atoms with van der Waals surface area (Å²) in [5.41, 5.74) is 19.2. The molecule has 0 radical (unpaired) electrons. The van der Waals surface area contributed by atoms with Crippen LogP contribution in [0.2, 0.25) is 0 Å². The zero-order chi connectivity index (χ0) is 55.8. The van der Waals surface area contributed by atoms with Crippen molar-refractivity contribution in [3.63, 3.8) is 0 Å². The summed E-state index contributed by atoms with van der Waals surface area (Å²) in [6, 6.07) is 31.0. The number of anilines is 3. The number of nitrogens with zero attached hydrogens (tertiary/aromatic N) is 15. The third kappa shape index (κ3) is 15.0. The second-order valence-electron chi connectivity index (χ2n) is 20.3. The van der Waals surface area contributed by atoms with Gasteiger partial charge in [-0.25, -0.2) is 39.3 Å². The van der Waals surface area contributed by atoms with Gasteiger partial charge in [-0.3, -0.25) is 0 Å². The second-order valence-corrected chi connectivity index (χ2v) is 23.0. The highest BCUT2D eigenvalue weighted by molar-refractivity contribution is 7.59. The molecule has 3 aliphatic carbocycles. The minimum Gasteiger partial charge on any atom is -0.363 e. The maximum atomic E-state index is 8.41. The Kier molecular flexibility index (Phi) is 21.4. The fourth-order valence-electron chi connectivity index (χ4n) is 9.40. The Balaban J connectivity index is 0.000000155. The molecule has 3 fully saturated rings. The van der Waals surface area contributed by atoms with E-state index in [0.717, 1.165) is 88.0 Å². The summed E-state index contributed by atoms with van der Waals surface area (Å²) < 4.78 is 3.93. The summed E-state index contributed by atoms with van der Waals surface area (Å²) in [4.78, 5) is 31.7. The van der Waals surface area contributed by atoms with Crippen molar-refractivity contribution in [1.82, 2.24) is 59.9 Å². The molecule has 8 heterocycles.